The minimum atomic E-state index is -0.989. The van der Waals surface area contributed by atoms with Crippen molar-refractivity contribution in [2.24, 2.45) is 5.73 Å². The lowest BCUT2D eigenvalue weighted by atomic mass is 10.0. The Labute approximate surface area is 95.0 Å². The number of aliphatic carboxylic acids is 1. The van der Waals surface area contributed by atoms with E-state index in [-0.39, 0.29) is 0 Å². The lowest BCUT2D eigenvalue weighted by molar-refractivity contribution is -0.138. The summed E-state index contributed by atoms with van der Waals surface area (Å²) in [5.41, 5.74) is 8.51. The predicted molar refractivity (Wildman–Crippen MR) is 61.8 cm³/mol. The molecule has 0 radical (unpaired) electrons. The van der Waals surface area contributed by atoms with Crippen LogP contribution >= 0.6 is 0 Å². The van der Waals surface area contributed by atoms with Gasteiger partial charge < -0.3 is 15.6 Å². The summed E-state index contributed by atoms with van der Waals surface area (Å²) in [6.07, 6.45) is 0.312. The number of nitrogens with two attached hydrogens (primary N) is 1. The van der Waals surface area contributed by atoms with Crippen molar-refractivity contribution in [3.05, 3.63) is 28.8 Å². The van der Waals surface area contributed by atoms with Crippen LogP contribution in [0.25, 0.3) is 0 Å². The van der Waals surface area contributed by atoms with Crippen molar-refractivity contribution in [2.75, 3.05) is 7.11 Å². The number of carbonyl (C=O) groups is 1. The number of benzene rings is 1. The zero-order valence-electron chi connectivity index (χ0n) is 9.78. The zero-order chi connectivity index (χ0) is 12.3. The third kappa shape index (κ3) is 2.73. The Morgan fingerprint density at radius 1 is 1.50 bits per heavy atom. The third-order valence-corrected chi connectivity index (χ3v) is 2.67. The Bertz CT molecular complexity index is 401. The quantitative estimate of drug-likeness (QED) is 0.806. The highest BCUT2D eigenvalue weighted by Gasteiger charge is 2.13. The van der Waals surface area contributed by atoms with Crippen LogP contribution in [0.2, 0.25) is 0 Å². The maximum absolute atomic E-state index is 10.7. The summed E-state index contributed by atoms with van der Waals surface area (Å²) in [5, 5.41) is 8.74. The minimum absolute atomic E-state index is 0.312. The van der Waals surface area contributed by atoms with E-state index in [2.05, 4.69) is 0 Å². The van der Waals surface area contributed by atoms with Gasteiger partial charge in [-0.3, -0.25) is 4.79 Å². The minimum Gasteiger partial charge on any atom is -0.496 e. The summed E-state index contributed by atoms with van der Waals surface area (Å²) in [6, 6.07) is 2.91. The van der Waals surface area contributed by atoms with Gasteiger partial charge in [0, 0.05) is 0 Å². The molecule has 0 saturated heterocycles. The molecule has 0 bridgehead atoms. The second-order valence-corrected chi connectivity index (χ2v) is 3.89. The van der Waals surface area contributed by atoms with Crippen molar-refractivity contribution in [3.63, 3.8) is 0 Å². The van der Waals surface area contributed by atoms with Crippen LogP contribution < -0.4 is 10.5 Å². The lowest BCUT2D eigenvalue weighted by Crippen LogP contribution is -2.32. The van der Waals surface area contributed by atoms with E-state index in [1.165, 1.54) is 0 Å². The molecule has 16 heavy (non-hydrogen) atoms. The van der Waals surface area contributed by atoms with E-state index in [9.17, 15) is 4.79 Å². The first-order valence-electron chi connectivity index (χ1n) is 5.08. The van der Waals surface area contributed by atoms with E-state index in [0.29, 0.717) is 6.42 Å². The van der Waals surface area contributed by atoms with Gasteiger partial charge >= 0.3 is 5.97 Å². The molecule has 0 aliphatic carbocycles. The van der Waals surface area contributed by atoms with Crippen LogP contribution in [0.15, 0.2) is 12.1 Å². The number of rotatable bonds is 4. The molecule has 0 aliphatic heterocycles. The first kappa shape index (κ1) is 12.5. The molecule has 4 nitrogen and oxygen atoms in total. The van der Waals surface area contributed by atoms with Crippen LogP contribution in [0.1, 0.15) is 16.7 Å². The van der Waals surface area contributed by atoms with Crippen molar-refractivity contribution in [3.8, 4) is 5.75 Å². The van der Waals surface area contributed by atoms with E-state index in [1.807, 2.05) is 26.0 Å². The Balaban J connectivity index is 2.98. The number of hydrogen-bond acceptors (Lipinski definition) is 3. The van der Waals surface area contributed by atoms with Gasteiger partial charge in [0.2, 0.25) is 0 Å². The highest BCUT2D eigenvalue weighted by molar-refractivity contribution is 5.73. The highest BCUT2D eigenvalue weighted by Crippen LogP contribution is 2.23. The van der Waals surface area contributed by atoms with Gasteiger partial charge in [0.05, 0.1) is 7.11 Å². The molecule has 0 aliphatic rings. The fraction of sp³-hybridized carbons (Fsp3) is 0.417. The smallest absolute Gasteiger partial charge is 0.320 e. The van der Waals surface area contributed by atoms with Gasteiger partial charge in [-0.05, 0) is 43.0 Å². The molecule has 1 aromatic carbocycles. The molecule has 0 amide bonds. The highest BCUT2D eigenvalue weighted by atomic mass is 16.5. The second kappa shape index (κ2) is 4.99. The summed E-state index contributed by atoms with van der Waals surface area (Å²) < 4.78 is 5.22. The van der Waals surface area contributed by atoms with Crippen LogP contribution in [0.3, 0.4) is 0 Å². The molecule has 4 heteroatoms. The van der Waals surface area contributed by atoms with E-state index < -0.39 is 12.0 Å². The molecule has 0 heterocycles. The average Bonchev–Trinajstić information content (AvgIpc) is 2.22. The zero-order valence-corrected chi connectivity index (χ0v) is 9.78. The number of ether oxygens (including phenoxy) is 1. The third-order valence-electron chi connectivity index (χ3n) is 2.67. The van der Waals surface area contributed by atoms with Crippen molar-refractivity contribution in [2.45, 2.75) is 26.3 Å². The van der Waals surface area contributed by atoms with Crippen molar-refractivity contribution < 1.29 is 14.6 Å². The van der Waals surface area contributed by atoms with Gasteiger partial charge in [0.15, 0.2) is 0 Å². The standard InChI is InChI=1S/C12H17NO3/c1-7-4-9(5-10(13)12(14)15)6-11(16-3)8(7)2/h4,6,10H,5,13H2,1-3H3,(H,14,15). The lowest BCUT2D eigenvalue weighted by Gasteiger charge is -2.12. The largest absolute Gasteiger partial charge is 0.496 e. The maximum atomic E-state index is 10.7. The molecule has 88 valence electrons. The van der Waals surface area contributed by atoms with Gasteiger partial charge in [0.25, 0.3) is 0 Å². The van der Waals surface area contributed by atoms with Crippen LogP contribution in [0.5, 0.6) is 5.75 Å². The van der Waals surface area contributed by atoms with Crippen molar-refractivity contribution in [1.82, 2.24) is 0 Å². The molecule has 3 N–H and O–H groups in total. The Kier molecular flexibility index (Phi) is 3.90. The number of hydrogen-bond donors (Lipinski definition) is 2. The first-order valence-corrected chi connectivity index (χ1v) is 5.08. The van der Waals surface area contributed by atoms with Gasteiger partial charge in [-0.2, -0.15) is 0 Å². The Morgan fingerprint density at radius 2 is 2.12 bits per heavy atom. The molecular weight excluding hydrogens is 206 g/mol. The first-order chi connectivity index (χ1) is 7.45. The average molecular weight is 223 g/mol. The summed E-state index contributed by atoms with van der Waals surface area (Å²) in [6.45, 7) is 3.93. The Morgan fingerprint density at radius 3 is 2.62 bits per heavy atom. The molecule has 0 fully saturated rings. The van der Waals surface area contributed by atoms with E-state index >= 15 is 0 Å². The summed E-state index contributed by atoms with van der Waals surface area (Å²) in [5.74, 6) is -0.218. The number of carboxylic acids is 1. The molecule has 0 aromatic heterocycles. The fourth-order valence-corrected chi connectivity index (χ4v) is 1.57. The number of aryl methyl sites for hydroxylation is 1. The topological polar surface area (TPSA) is 72.5 Å². The van der Waals surface area contributed by atoms with E-state index in [4.69, 9.17) is 15.6 Å². The molecule has 1 unspecified atom stereocenters. The van der Waals surface area contributed by atoms with E-state index in [0.717, 1.165) is 22.4 Å². The molecule has 1 aromatic rings. The molecule has 1 rings (SSSR count). The van der Waals surface area contributed by atoms with Gasteiger partial charge in [-0.25, -0.2) is 0 Å². The van der Waals surface area contributed by atoms with Crippen LogP contribution in [0, 0.1) is 13.8 Å². The molecule has 0 saturated carbocycles. The maximum Gasteiger partial charge on any atom is 0.320 e. The number of methoxy groups -OCH3 is 1. The Hall–Kier alpha value is -1.55. The van der Waals surface area contributed by atoms with Crippen molar-refractivity contribution >= 4 is 5.97 Å². The number of carboxylic acid groups (broad SMARTS) is 1. The molecule has 1 atom stereocenters. The predicted octanol–water partition coefficient (Wildman–Crippen LogP) is 1.27. The summed E-state index contributed by atoms with van der Waals surface area (Å²) in [7, 11) is 1.60. The van der Waals surface area contributed by atoms with E-state index in [1.54, 1.807) is 7.11 Å². The molecular formula is C12H17NO3. The summed E-state index contributed by atoms with van der Waals surface area (Å²) in [4.78, 5) is 10.7. The summed E-state index contributed by atoms with van der Waals surface area (Å²) >= 11 is 0. The fourth-order valence-electron chi connectivity index (χ4n) is 1.57. The van der Waals surface area contributed by atoms with Gasteiger partial charge in [-0.1, -0.05) is 6.07 Å². The second-order valence-electron chi connectivity index (χ2n) is 3.89. The monoisotopic (exact) mass is 223 g/mol. The molecule has 0 spiro atoms. The van der Waals surface area contributed by atoms with Crippen LogP contribution in [-0.4, -0.2) is 24.2 Å². The SMILES string of the molecule is COc1cc(CC(N)C(=O)O)cc(C)c1C. The van der Waals surface area contributed by atoms with Crippen LogP contribution in [-0.2, 0) is 11.2 Å². The normalized spacial score (nSPS) is 12.2. The van der Waals surface area contributed by atoms with Gasteiger partial charge in [0.1, 0.15) is 11.8 Å². The van der Waals surface area contributed by atoms with Crippen LogP contribution in [0.4, 0.5) is 0 Å². The van der Waals surface area contributed by atoms with Gasteiger partial charge in [-0.15, -0.1) is 0 Å². The van der Waals surface area contributed by atoms with Crippen molar-refractivity contribution in [1.29, 1.82) is 0 Å².